The second-order valence-corrected chi connectivity index (χ2v) is 8.73. The molecule has 3 rings (SSSR count). The normalized spacial score (nSPS) is 18.8. The molecule has 1 aromatic heterocycles. The second-order valence-electron chi connectivity index (χ2n) is 8.73. The van der Waals surface area contributed by atoms with Gasteiger partial charge in [0.25, 0.3) is 11.9 Å². The van der Waals surface area contributed by atoms with Gasteiger partial charge >= 0.3 is 6.36 Å². The number of amidine groups is 1. The van der Waals surface area contributed by atoms with Gasteiger partial charge in [-0.05, 0) is 69.9 Å². The first kappa shape index (κ1) is 26.8. The highest BCUT2D eigenvalue weighted by molar-refractivity contribution is 5.98. The van der Waals surface area contributed by atoms with Crippen LogP contribution in [0, 0.1) is 5.92 Å². The van der Waals surface area contributed by atoms with Crippen LogP contribution in [0.5, 0.6) is 11.6 Å². The summed E-state index contributed by atoms with van der Waals surface area (Å²) in [7, 11) is 0. The predicted octanol–water partition coefficient (Wildman–Crippen LogP) is 4.50. The topological polar surface area (TPSA) is 125 Å². The fraction of sp³-hybridized carbons (Fsp3) is 0.417. The summed E-state index contributed by atoms with van der Waals surface area (Å²) < 4.78 is 51.9. The molecule has 1 aromatic carbocycles. The van der Waals surface area contributed by atoms with Crippen LogP contribution in [0.2, 0.25) is 0 Å². The van der Waals surface area contributed by atoms with Gasteiger partial charge in [-0.25, -0.2) is 4.98 Å². The molecular weight excluding hydrogens is 481 g/mol. The van der Waals surface area contributed by atoms with Gasteiger partial charge in [0, 0.05) is 12.0 Å². The molecule has 12 heteroatoms. The molecule has 1 aliphatic rings. The number of nitrogens with one attached hydrogen (secondary N) is 1. The van der Waals surface area contributed by atoms with Crippen LogP contribution in [0.3, 0.4) is 0 Å². The van der Waals surface area contributed by atoms with Crippen molar-refractivity contribution in [2.75, 3.05) is 5.32 Å². The summed E-state index contributed by atoms with van der Waals surface area (Å²) in [4.78, 5) is 31.7. The number of alkyl halides is 3. The summed E-state index contributed by atoms with van der Waals surface area (Å²) in [6, 6.07) is 7.58. The van der Waals surface area contributed by atoms with Crippen LogP contribution in [0.15, 0.2) is 47.6 Å². The molecule has 2 aromatic rings. The fourth-order valence-corrected chi connectivity index (χ4v) is 3.50. The zero-order valence-corrected chi connectivity index (χ0v) is 19.7. The number of carbonyl (C=O) groups is 2. The Morgan fingerprint density at radius 3 is 2.33 bits per heavy atom. The van der Waals surface area contributed by atoms with Crippen molar-refractivity contribution in [1.29, 1.82) is 0 Å². The van der Waals surface area contributed by atoms with E-state index in [-0.39, 0.29) is 23.7 Å². The number of amides is 1. The Bertz CT molecular complexity index is 1060. The number of rotatable bonds is 8. The maximum Gasteiger partial charge on any atom is 0.573 e. The molecule has 194 valence electrons. The summed E-state index contributed by atoms with van der Waals surface area (Å²) in [6.07, 6.45) is 0.783. The molecule has 1 fully saturated rings. The van der Waals surface area contributed by atoms with E-state index in [2.05, 4.69) is 20.0 Å². The number of aromatic nitrogens is 1. The van der Waals surface area contributed by atoms with Crippen LogP contribution < -0.4 is 20.5 Å². The van der Waals surface area contributed by atoms with Gasteiger partial charge in [-0.15, -0.1) is 13.2 Å². The Hall–Kier alpha value is -3.83. The summed E-state index contributed by atoms with van der Waals surface area (Å²) in [5, 5.41) is 2.67. The molecule has 0 aliphatic heterocycles. The molecule has 1 heterocycles. The Labute approximate surface area is 205 Å². The Kier molecular flexibility index (Phi) is 8.38. The van der Waals surface area contributed by atoms with Gasteiger partial charge in [0.2, 0.25) is 5.88 Å². The minimum Gasteiger partial charge on any atom is -0.474 e. The molecule has 9 nitrogen and oxygen atoms in total. The zero-order chi connectivity index (χ0) is 26.3. The second kappa shape index (κ2) is 11.3. The van der Waals surface area contributed by atoms with E-state index in [1.807, 2.05) is 0 Å². The SMILES string of the molecule is CC(C)(OC(N)=Nc1ccc(OC(F)(F)F)cc1)C(=O)Nc1ccc(OC2CCC(C=O)CC2)nc1. The van der Waals surface area contributed by atoms with E-state index in [9.17, 15) is 22.8 Å². The van der Waals surface area contributed by atoms with E-state index in [0.29, 0.717) is 11.6 Å². The van der Waals surface area contributed by atoms with Gasteiger partial charge in [-0.2, -0.15) is 4.99 Å². The summed E-state index contributed by atoms with van der Waals surface area (Å²) >= 11 is 0. The van der Waals surface area contributed by atoms with E-state index in [0.717, 1.165) is 44.1 Å². The van der Waals surface area contributed by atoms with Crippen LogP contribution >= 0.6 is 0 Å². The van der Waals surface area contributed by atoms with Gasteiger partial charge in [0.05, 0.1) is 17.6 Å². The zero-order valence-electron chi connectivity index (χ0n) is 19.7. The number of aliphatic imine (C=N–C) groups is 1. The third-order valence-corrected chi connectivity index (χ3v) is 5.41. The molecule has 3 N–H and O–H groups in total. The van der Waals surface area contributed by atoms with Crippen molar-refractivity contribution < 1.29 is 37.0 Å². The van der Waals surface area contributed by atoms with Crippen molar-refractivity contribution in [3.05, 3.63) is 42.6 Å². The Morgan fingerprint density at radius 1 is 1.11 bits per heavy atom. The van der Waals surface area contributed by atoms with Crippen molar-refractivity contribution in [2.24, 2.45) is 16.6 Å². The van der Waals surface area contributed by atoms with Crippen molar-refractivity contribution in [3.63, 3.8) is 0 Å². The number of benzene rings is 1. The molecule has 0 radical (unpaired) electrons. The highest BCUT2D eigenvalue weighted by Crippen LogP contribution is 2.27. The van der Waals surface area contributed by atoms with Crippen LogP contribution in [0.25, 0.3) is 0 Å². The predicted molar refractivity (Wildman–Crippen MR) is 125 cm³/mol. The Morgan fingerprint density at radius 2 is 1.78 bits per heavy atom. The molecule has 1 saturated carbocycles. The van der Waals surface area contributed by atoms with Gasteiger partial charge < -0.3 is 30.1 Å². The van der Waals surface area contributed by atoms with E-state index >= 15 is 0 Å². The molecule has 36 heavy (non-hydrogen) atoms. The number of carbonyl (C=O) groups excluding carboxylic acids is 2. The van der Waals surface area contributed by atoms with Crippen LogP contribution in [-0.2, 0) is 14.3 Å². The maximum absolute atomic E-state index is 12.7. The molecule has 0 saturated heterocycles. The molecule has 1 aliphatic carbocycles. The molecular formula is C24H27F3N4O5. The van der Waals surface area contributed by atoms with Gasteiger partial charge in [-0.3, -0.25) is 4.79 Å². The number of pyridine rings is 1. The summed E-state index contributed by atoms with van der Waals surface area (Å²) in [6.45, 7) is 2.96. The number of hydrogen-bond acceptors (Lipinski definition) is 7. The number of nitrogens with two attached hydrogens (primary N) is 1. The van der Waals surface area contributed by atoms with Gasteiger partial charge in [-0.1, -0.05) is 0 Å². The highest BCUT2D eigenvalue weighted by Gasteiger charge is 2.32. The molecule has 0 spiro atoms. The van der Waals surface area contributed by atoms with Gasteiger partial charge in [0.1, 0.15) is 18.1 Å². The number of anilines is 1. The summed E-state index contributed by atoms with van der Waals surface area (Å²) in [5.74, 6) is -0.423. The minimum atomic E-state index is -4.80. The largest absolute Gasteiger partial charge is 0.573 e. The van der Waals surface area contributed by atoms with Crippen molar-refractivity contribution in [3.8, 4) is 11.6 Å². The lowest BCUT2D eigenvalue weighted by atomic mass is 9.88. The van der Waals surface area contributed by atoms with Crippen LogP contribution in [0.1, 0.15) is 39.5 Å². The van der Waals surface area contributed by atoms with Crippen molar-refractivity contribution in [1.82, 2.24) is 4.98 Å². The minimum absolute atomic E-state index is 0.00268. The van der Waals surface area contributed by atoms with E-state index in [4.69, 9.17) is 15.2 Å². The lowest BCUT2D eigenvalue weighted by Crippen LogP contribution is -2.43. The van der Waals surface area contributed by atoms with Crippen molar-refractivity contribution in [2.45, 2.75) is 57.6 Å². The Balaban J connectivity index is 1.52. The number of nitrogens with zero attached hydrogens (tertiary/aromatic N) is 2. The molecule has 1 amide bonds. The van der Waals surface area contributed by atoms with Crippen molar-refractivity contribution >= 4 is 29.6 Å². The lowest BCUT2D eigenvalue weighted by Gasteiger charge is -2.26. The quantitative estimate of drug-likeness (QED) is 0.306. The fourth-order valence-electron chi connectivity index (χ4n) is 3.50. The molecule has 0 atom stereocenters. The number of aldehydes is 1. The van der Waals surface area contributed by atoms with E-state index in [1.54, 1.807) is 12.1 Å². The monoisotopic (exact) mass is 508 g/mol. The standard InChI is InChI=1S/C24H27F3N4O5/c1-23(2,36-22(28)31-16-5-10-19(11-6-16)35-24(25,26)27)21(33)30-17-7-12-20(29-13-17)34-18-8-3-15(14-32)4-9-18/h5-7,10-15,18H,3-4,8-9H2,1-2H3,(H2,28,31)(H,30,33). The number of hydrogen-bond donors (Lipinski definition) is 2. The molecule has 0 bridgehead atoms. The first-order valence-electron chi connectivity index (χ1n) is 11.2. The third-order valence-electron chi connectivity index (χ3n) is 5.41. The average Bonchev–Trinajstić information content (AvgIpc) is 2.81. The van der Waals surface area contributed by atoms with Gasteiger partial charge in [0.15, 0.2) is 5.60 Å². The first-order chi connectivity index (χ1) is 16.9. The maximum atomic E-state index is 12.7. The van der Waals surface area contributed by atoms with E-state index in [1.165, 1.54) is 32.2 Å². The number of ether oxygens (including phenoxy) is 3. The van der Waals surface area contributed by atoms with Crippen LogP contribution in [-0.4, -0.2) is 41.3 Å². The first-order valence-corrected chi connectivity index (χ1v) is 11.2. The molecule has 0 unspecified atom stereocenters. The third kappa shape index (κ3) is 8.14. The van der Waals surface area contributed by atoms with E-state index < -0.39 is 23.6 Å². The number of halogens is 3. The lowest BCUT2D eigenvalue weighted by molar-refractivity contribution is -0.274. The van der Waals surface area contributed by atoms with Crippen LogP contribution in [0.4, 0.5) is 24.5 Å². The summed E-state index contributed by atoms with van der Waals surface area (Å²) in [5.41, 5.74) is 4.96. The average molecular weight is 508 g/mol. The smallest absolute Gasteiger partial charge is 0.474 e. The highest BCUT2D eigenvalue weighted by atomic mass is 19.4.